The average molecular weight is 715 g/mol. The number of anilines is 2. The smallest absolute Gasteiger partial charge is 0.338 e. The molecule has 0 atom stereocenters. The lowest BCUT2D eigenvalue weighted by atomic mass is 9.49. The molecule has 0 unspecified atom stereocenters. The minimum Gasteiger partial charge on any atom is -0.462 e. The molecular formula is C42H51ClN2O6. The molecule has 8 fully saturated rings. The number of hydrogen-bond donors (Lipinski definition) is 2. The summed E-state index contributed by atoms with van der Waals surface area (Å²) in [5.41, 5.74) is 10.8. The van der Waals surface area contributed by atoms with Gasteiger partial charge in [-0.25, -0.2) is 9.59 Å². The van der Waals surface area contributed by atoms with Crippen LogP contribution in [-0.2, 0) is 31.9 Å². The number of cyclic esters (lactones) is 2. The van der Waals surface area contributed by atoms with Crippen LogP contribution in [0.5, 0.6) is 0 Å². The monoisotopic (exact) mass is 714 g/mol. The van der Waals surface area contributed by atoms with Crippen molar-refractivity contribution in [2.75, 3.05) is 24.3 Å². The lowest BCUT2D eigenvalue weighted by Gasteiger charge is -2.56. The second-order valence-electron chi connectivity index (χ2n) is 17.6. The minimum atomic E-state index is -0.279. The van der Waals surface area contributed by atoms with Gasteiger partial charge in [0.05, 0.1) is 24.3 Å². The first-order chi connectivity index (χ1) is 24.5. The SMILES string of the molecule is Nc1cccc2c1CCOC2=O.O=C(CC12CC3CC(CC(C3)C1)C2)Nc1cccc2c1CCOC2=O.O=C(Cl)CC12CC3CC(CC(C3)C1)C2. The van der Waals surface area contributed by atoms with Crippen LogP contribution in [-0.4, -0.2) is 36.3 Å². The first-order valence-electron chi connectivity index (χ1n) is 19.4. The molecule has 2 heterocycles. The number of amides is 1. The number of fused-ring (bicyclic) bond motifs is 2. The van der Waals surface area contributed by atoms with E-state index in [4.69, 9.17) is 26.8 Å². The van der Waals surface area contributed by atoms with E-state index in [1.54, 1.807) is 24.3 Å². The van der Waals surface area contributed by atoms with Crippen molar-refractivity contribution in [2.45, 2.75) is 103 Å². The van der Waals surface area contributed by atoms with E-state index >= 15 is 0 Å². The van der Waals surface area contributed by atoms with E-state index < -0.39 is 0 Å². The van der Waals surface area contributed by atoms with Crippen molar-refractivity contribution in [1.82, 2.24) is 0 Å². The molecule has 9 heteroatoms. The Hall–Kier alpha value is -3.39. The van der Waals surface area contributed by atoms with Crippen molar-refractivity contribution < 1.29 is 28.7 Å². The fraction of sp³-hybridized carbons (Fsp3) is 0.619. The van der Waals surface area contributed by atoms with Crippen molar-refractivity contribution in [3.8, 4) is 0 Å². The van der Waals surface area contributed by atoms with Gasteiger partial charge in [0.25, 0.3) is 0 Å². The molecule has 8 aliphatic carbocycles. The number of benzene rings is 2. The highest BCUT2D eigenvalue weighted by Gasteiger charge is 2.52. The number of rotatable bonds is 5. The fourth-order valence-electron chi connectivity index (χ4n) is 12.7. The third-order valence-electron chi connectivity index (χ3n) is 13.7. The van der Waals surface area contributed by atoms with Crippen LogP contribution in [0.4, 0.5) is 11.4 Å². The van der Waals surface area contributed by atoms with Crippen LogP contribution in [0.1, 0.15) is 122 Å². The van der Waals surface area contributed by atoms with Crippen molar-refractivity contribution in [3.05, 3.63) is 58.7 Å². The first kappa shape index (κ1) is 34.7. The molecule has 8 nitrogen and oxygen atoms in total. The Morgan fingerprint density at radius 1 is 0.667 bits per heavy atom. The van der Waals surface area contributed by atoms with Gasteiger partial charge < -0.3 is 20.5 Å². The van der Waals surface area contributed by atoms with E-state index in [-0.39, 0.29) is 28.5 Å². The Morgan fingerprint density at radius 2 is 1.10 bits per heavy atom. The fourth-order valence-corrected chi connectivity index (χ4v) is 13.0. The van der Waals surface area contributed by atoms with Crippen LogP contribution in [0.2, 0.25) is 0 Å². The molecule has 2 aromatic rings. The van der Waals surface area contributed by atoms with Crippen LogP contribution in [0.15, 0.2) is 36.4 Å². The van der Waals surface area contributed by atoms with E-state index in [1.807, 2.05) is 12.1 Å². The van der Waals surface area contributed by atoms with Gasteiger partial charge in [0, 0.05) is 37.1 Å². The topological polar surface area (TPSA) is 125 Å². The normalized spacial score (nSPS) is 34.5. The lowest BCUT2D eigenvalue weighted by Crippen LogP contribution is -2.47. The van der Waals surface area contributed by atoms with E-state index in [2.05, 4.69) is 5.32 Å². The molecule has 1 amide bonds. The largest absolute Gasteiger partial charge is 0.462 e. The van der Waals surface area contributed by atoms with Gasteiger partial charge in [0.1, 0.15) is 0 Å². The maximum Gasteiger partial charge on any atom is 0.338 e. The maximum absolute atomic E-state index is 12.8. The molecule has 0 radical (unpaired) electrons. The number of nitrogens with one attached hydrogen (secondary N) is 1. The zero-order valence-corrected chi connectivity index (χ0v) is 30.3. The average Bonchev–Trinajstić information content (AvgIpc) is 3.04. The molecular weight excluding hydrogens is 664 g/mol. The first-order valence-corrected chi connectivity index (χ1v) is 19.7. The number of carbonyl (C=O) groups is 4. The molecule has 51 heavy (non-hydrogen) atoms. The molecule has 3 N–H and O–H groups in total. The number of nitrogen functional groups attached to an aromatic ring is 1. The molecule has 8 saturated carbocycles. The Bertz CT molecular complexity index is 1650. The maximum atomic E-state index is 12.8. The number of halogens is 1. The van der Waals surface area contributed by atoms with E-state index in [0.717, 1.165) is 58.7 Å². The summed E-state index contributed by atoms with van der Waals surface area (Å²) in [6.07, 6.45) is 18.8. The standard InChI is InChI=1S/C21H25NO3.C12H17ClO.C9H9NO2/c23-19(12-21-9-13-6-14(10-21)8-15(7-13)11-21)22-18-3-1-2-17-16(18)4-5-25-20(17)24;13-11(14)7-12-4-8-1-9(5-12)3-10(2-8)6-12;10-8-3-1-2-7-6(8)4-5-12-9(7)11/h1-3,13-15H,4-12H2,(H,22,23);8-10H,1-7H2;1-3H,4-5,10H2. The highest BCUT2D eigenvalue weighted by molar-refractivity contribution is 6.63. The summed E-state index contributed by atoms with van der Waals surface area (Å²) < 4.78 is 9.97. The predicted octanol–water partition coefficient (Wildman–Crippen LogP) is 8.28. The van der Waals surface area contributed by atoms with Crippen LogP contribution in [0.25, 0.3) is 0 Å². The molecule has 0 spiro atoms. The highest BCUT2D eigenvalue weighted by Crippen LogP contribution is 2.62. The zero-order valence-electron chi connectivity index (χ0n) is 29.6. The van der Waals surface area contributed by atoms with Gasteiger partial charge >= 0.3 is 11.9 Å². The van der Waals surface area contributed by atoms with Gasteiger partial charge in [0.15, 0.2) is 0 Å². The highest BCUT2D eigenvalue weighted by atomic mass is 35.5. The Labute approximate surface area is 305 Å². The molecule has 272 valence electrons. The van der Waals surface area contributed by atoms with Gasteiger partial charge in [-0.05, 0) is 170 Å². The quantitative estimate of drug-likeness (QED) is 0.181. The predicted molar refractivity (Wildman–Crippen MR) is 195 cm³/mol. The summed E-state index contributed by atoms with van der Waals surface area (Å²) >= 11 is 5.57. The number of hydrogen-bond acceptors (Lipinski definition) is 7. The van der Waals surface area contributed by atoms with Crippen molar-refractivity contribution in [3.63, 3.8) is 0 Å². The molecule has 8 bridgehead atoms. The summed E-state index contributed by atoms with van der Waals surface area (Å²) in [7, 11) is 0. The van der Waals surface area contributed by atoms with Crippen LogP contribution < -0.4 is 11.1 Å². The van der Waals surface area contributed by atoms with E-state index in [9.17, 15) is 19.2 Å². The van der Waals surface area contributed by atoms with Gasteiger partial charge in [-0.15, -0.1) is 0 Å². The number of nitrogens with two attached hydrogens (primary N) is 1. The summed E-state index contributed by atoms with van der Waals surface area (Å²) in [5, 5.41) is 3.01. The summed E-state index contributed by atoms with van der Waals surface area (Å²) in [5.74, 6) is 4.94. The zero-order chi connectivity index (χ0) is 35.3. The molecule has 2 aromatic carbocycles. The molecule has 12 rings (SSSR count). The van der Waals surface area contributed by atoms with E-state index in [0.29, 0.717) is 54.7 Å². The van der Waals surface area contributed by atoms with Crippen LogP contribution in [0.3, 0.4) is 0 Å². The van der Waals surface area contributed by atoms with Crippen LogP contribution in [0, 0.1) is 46.3 Å². The third kappa shape index (κ3) is 7.31. The Kier molecular flexibility index (Phi) is 9.43. The number of ether oxygens (including phenoxy) is 2. The summed E-state index contributed by atoms with van der Waals surface area (Å²) in [4.78, 5) is 47.0. The van der Waals surface area contributed by atoms with Crippen molar-refractivity contribution in [1.29, 1.82) is 0 Å². The summed E-state index contributed by atoms with van der Waals surface area (Å²) in [6, 6.07) is 10.8. The van der Waals surface area contributed by atoms with Gasteiger partial charge in [0.2, 0.25) is 11.1 Å². The molecule has 2 aliphatic heterocycles. The van der Waals surface area contributed by atoms with Crippen molar-refractivity contribution >= 4 is 46.1 Å². The van der Waals surface area contributed by atoms with Gasteiger partial charge in [-0.1, -0.05) is 12.1 Å². The second kappa shape index (κ2) is 13.9. The lowest BCUT2D eigenvalue weighted by molar-refractivity contribution is -0.124. The minimum absolute atomic E-state index is 0.105. The summed E-state index contributed by atoms with van der Waals surface area (Å²) in [6.45, 7) is 0.841. The number of esters is 2. The second-order valence-corrected chi connectivity index (χ2v) is 18.0. The number of carbonyl (C=O) groups excluding carboxylic acids is 4. The third-order valence-corrected chi connectivity index (χ3v) is 13.8. The van der Waals surface area contributed by atoms with Gasteiger partial charge in [-0.2, -0.15) is 0 Å². The molecule has 0 saturated heterocycles. The Morgan fingerprint density at radius 3 is 1.57 bits per heavy atom. The molecule has 0 aromatic heterocycles. The van der Waals surface area contributed by atoms with Gasteiger partial charge in [-0.3, -0.25) is 9.59 Å². The van der Waals surface area contributed by atoms with Crippen molar-refractivity contribution in [2.24, 2.45) is 46.3 Å². The van der Waals surface area contributed by atoms with Crippen LogP contribution >= 0.6 is 11.6 Å². The molecule has 10 aliphatic rings. The Balaban J connectivity index is 0.000000121. The van der Waals surface area contributed by atoms with E-state index in [1.165, 1.54) is 77.0 Å².